The van der Waals surface area contributed by atoms with Gasteiger partial charge in [0.15, 0.2) is 0 Å². The summed E-state index contributed by atoms with van der Waals surface area (Å²) in [7, 11) is -0.940. The van der Waals surface area contributed by atoms with Crippen LogP contribution in [0.25, 0.3) is 0 Å². The van der Waals surface area contributed by atoms with E-state index in [9.17, 15) is 9.59 Å². The monoisotopic (exact) mass is 726 g/mol. The Bertz CT molecular complexity index is 1170. The van der Waals surface area contributed by atoms with E-state index in [0.717, 1.165) is 10.4 Å². The summed E-state index contributed by atoms with van der Waals surface area (Å²) >= 11 is 0. The molecule has 7 heteroatoms. The summed E-state index contributed by atoms with van der Waals surface area (Å²) in [4.78, 5) is 22.4. The first-order valence-electron chi connectivity index (χ1n) is 12.2. The second-order valence-corrected chi connectivity index (χ2v) is 19.6. The Morgan fingerprint density at radius 3 is 1.27 bits per heavy atom. The van der Waals surface area contributed by atoms with E-state index in [2.05, 4.69) is 104 Å². The Kier molecular flexibility index (Phi) is 11.7. The SMILES string of the molecule is CN(C)c1ccccc1P(c1ccccc1)c1ccccc1.C[Si](C)(O)c1ccccc1[Si](C)(C)O.[Pt]. The maximum Gasteiger partial charge on any atom is 0.213 e. The molecule has 4 aromatic rings. The third-order valence-corrected chi connectivity index (χ3v) is 12.1. The minimum absolute atomic E-state index is 0. The zero-order chi connectivity index (χ0) is 26.3. The van der Waals surface area contributed by atoms with Crippen LogP contribution in [-0.4, -0.2) is 40.3 Å². The number of anilines is 1. The van der Waals surface area contributed by atoms with Gasteiger partial charge in [-0.05, 0) is 61.2 Å². The third kappa shape index (κ3) is 8.58. The van der Waals surface area contributed by atoms with Crippen molar-refractivity contribution in [2.24, 2.45) is 0 Å². The fourth-order valence-electron chi connectivity index (χ4n) is 4.16. The molecular formula is C30H38NO2PPtSi2. The van der Waals surface area contributed by atoms with Crippen LogP contribution < -0.4 is 31.2 Å². The van der Waals surface area contributed by atoms with Gasteiger partial charge in [0, 0.05) is 46.2 Å². The third-order valence-electron chi connectivity index (χ3n) is 5.88. The van der Waals surface area contributed by atoms with Gasteiger partial charge in [-0.2, -0.15) is 0 Å². The van der Waals surface area contributed by atoms with E-state index in [1.807, 2.05) is 50.5 Å². The van der Waals surface area contributed by atoms with Crippen LogP contribution in [0.3, 0.4) is 0 Å². The number of rotatable bonds is 6. The summed E-state index contributed by atoms with van der Waals surface area (Å²) in [5.74, 6) is 0. The van der Waals surface area contributed by atoms with E-state index in [1.54, 1.807) is 0 Å². The molecule has 0 saturated heterocycles. The second-order valence-electron chi connectivity index (χ2n) is 10.1. The van der Waals surface area contributed by atoms with Crippen LogP contribution >= 0.6 is 7.92 Å². The number of hydrogen-bond acceptors (Lipinski definition) is 3. The molecular weight excluding hydrogens is 689 g/mol. The molecule has 0 saturated carbocycles. The van der Waals surface area contributed by atoms with Crippen molar-refractivity contribution in [3.05, 3.63) is 109 Å². The normalized spacial score (nSPS) is 11.3. The van der Waals surface area contributed by atoms with Crippen LogP contribution in [-0.2, 0) is 21.1 Å². The molecule has 0 bridgehead atoms. The van der Waals surface area contributed by atoms with E-state index in [1.165, 1.54) is 21.6 Å². The van der Waals surface area contributed by atoms with Gasteiger partial charge in [0.05, 0.1) is 0 Å². The summed E-state index contributed by atoms with van der Waals surface area (Å²) in [6.07, 6.45) is 0. The van der Waals surface area contributed by atoms with Crippen molar-refractivity contribution in [2.45, 2.75) is 26.2 Å². The van der Waals surface area contributed by atoms with Gasteiger partial charge < -0.3 is 14.5 Å². The van der Waals surface area contributed by atoms with Crippen molar-refractivity contribution in [3.63, 3.8) is 0 Å². The van der Waals surface area contributed by atoms with Crippen LogP contribution in [0.2, 0.25) is 26.2 Å². The van der Waals surface area contributed by atoms with Gasteiger partial charge in [-0.1, -0.05) is 103 Å². The molecule has 0 radical (unpaired) electrons. The molecule has 0 heterocycles. The Morgan fingerprint density at radius 2 is 0.892 bits per heavy atom. The number of para-hydroxylation sites is 1. The Balaban J connectivity index is 0.000000280. The zero-order valence-corrected chi connectivity index (χ0v) is 27.7. The fourth-order valence-corrected chi connectivity index (χ4v) is 11.0. The Hall–Kier alpha value is -1.85. The van der Waals surface area contributed by atoms with Crippen LogP contribution in [0.1, 0.15) is 0 Å². The maximum absolute atomic E-state index is 10.1. The van der Waals surface area contributed by atoms with Crippen molar-refractivity contribution >= 4 is 56.5 Å². The molecule has 0 atom stereocenters. The van der Waals surface area contributed by atoms with Gasteiger partial charge in [-0.25, -0.2) is 0 Å². The van der Waals surface area contributed by atoms with Crippen LogP contribution in [0, 0.1) is 0 Å². The molecule has 0 aliphatic carbocycles. The zero-order valence-electron chi connectivity index (χ0n) is 22.5. The summed E-state index contributed by atoms with van der Waals surface area (Å²) < 4.78 is 0. The van der Waals surface area contributed by atoms with Crippen molar-refractivity contribution in [1.82, 2.24) is 0 Å². The number of hydrogen-bond donors (Lipinski definition) is 2. The molecule has 0 amide bonds. The van der Waals surface area contributed by atoms with Crippen LogP contribution in [0.4, 0.5) is 5.69 Å². The molecule has 37 heavy (non-hydrogen) atoms. The predicted molar refractivity (Wildman–Crippen MR) is 165 cm³/mol. The van der Waals surface area contributed by atoms with Gasteiger partial charge in [0.25, 0.3) is 0 Å². The van der Waals surface area contributed by atoms with E-state index < -0.39 is 24.6 Å². The minimum Gasteiger partial charge on any atom is -0.428 e. The molecule has 3 nitrogen and oxygen atoms in total. The van der Waals surface area contributed by atoms with Gasteiger partial charge in [-0.3, -0.25) is 0 Å². The number of benzene rings is 4. The van der Waals surface area contributed by atoms with Crippen LogP contribution in [0.5, 0.6) is 0 Å². The van der Waals surface area contributed by atoms with E-state index in [4.69, 9.17) is 0 Å². The largest absolute Gasteiger partial charge is 0.428 e. The first kappa shape index (κ1) is 31.4. The van der Waals surface area contributed by atoms with Crippen molar-refractivity contribution in [2.75, 3.05) is 19.0 Å². The van der Waals surface area contributed by atoms with E-state index >= 15 is 0 Å². The fraction of sp³-hybridized carbons (Fsp3) is 0.200. The van der Waals surface area contributed by atoms with Crippen molar-refractivity contribution in [1.29, 1.82) is 0 Å². The average molecular weight is 727 g/mol. The summed E-state index contributed by atoms with van der Waals surface area (Å²) in [6.45, 7) is 7.52. The Labute approximate surface area is 240 Å². The molecule has 0 spiro atoms. The topological polar surface area (TPSA) is 43.7 Å². The Morgan fingerprint density at radius 1 is 0.541 bits per heavy atom. The van der Waals surface area contributed by atoms with Crippen molar-refractivity contribution in [3.8, 4) is 0 Å². The van der Waals surface area contributed by atoms with Crippen LogP contribution in [0.15, 0.2) is 109 Å². The molecule has 0 fully saturated rings. The molecule has 0 aliphatic heterocycles. The molecule has 0 unspecified atom stereocenters. The maximum atomic E-state index is 10.1. The summed E-state index contributed by atoms with van der Waals surface area (Å²) in [5, 5.41) is 6.12. The summed E-state index contributed by atoms with van der Waals surface area (Å²) in [5.41, 5.74) is 1.29. The molecule has 4 rings (SSSR count). The second kappa shape index (κ2) is 13.8. The average Bonchev–Trinajstić information content (AvgIpc) is 2.85. The van der Waals surface area contributed by atoms with Gasteiger partial charge in [-0.15, -0.1) is 0 Å². The first-order chi connectivity index (χ1) is 17.0. The van der Waals surface area contributed by atoms with E-state index in [0.29, 0.717) is 0 Å². The van der Waals surface area contributed by atoms with Gasteiger partial charge in [0.2, 0.25) is 16.6 Å². The molecule has 2 N–H and O–H groups in total. The molecule has 0 aliphatic rings. The smallest absolute Gasteiger partial charge is 0.213 e. The quantitative estimate of drug-likeness (QED) is 0.234. The molecule has 0 aromatic heterocycles. The van der Waals surface area contributed by atoms with Gasteiger partial charge in [0.1, 0.15) is 0 Å². The first-order valence-corrected chi connectivity index (χ1v) is 19.4. The standard InChI is InChI=1S/C20H20NP.C10H18O2Si2.Pt/c1-21(2)19-15-9-10-16-20(19)22(17-11-5-3-6-12-17)18-13-7-4-8-14-18;1-13(2,11)9-7-5-6-8-10(9)14(3,4)12;/h3-16H,1-2H3;5-8,11-12H,1-4H3;. The minimum atomic E-state index is -2.31. The molecule has 198 valence electrons. The summed E-state index contributed by atoms with van der Waals surface area (Å²) in [6, 6.07) is 38.1. The van der Waals surface area contributed by atoms with E-state index in [-0.39, 0.29) is 21.1 Å². The number of nitrogens with zero attached hydrogens (tertiary/aromatic N) is 1. The molecule has 4 aromatic carbocycles. The predicted octanol–water partition coefficient (Wildman–Crippen LogP) is 4.00. The van der Waals surface area contributed by atoms with Gasteiger partial charge >= 0.3 is 0 Å². The van der Waals surface area contributed by atoms with Crippen molar-refractivity contribution < 1.29 is 30.7 Å².